The second kappa shape index (κ2) is 8.61. The van der Waals surface area contributed by atoms with Gasteiger partial charge in [-0.1, -0.05) is 30.3 Å². The highest BCUT2D eigenvalue weighted by Crippen LogP contribution is 2.31. The van der Waals surface area contributed by atoms with Crippen molar-refractivity contribution in [3.63, 3.8) is 0 Å². The molecule has 3 rings (SSSR count). The quantitative estimate of drug-likeness (QED) is 0.669. The number of hydrogen-bond donors (Lipinski definition) is 1. The van der Waals surface area contributed by atoms with Gasteiger partial charge in [0.15, 0.2) is 5.96 Å². The molecular formula is C19H28F2N4. The van der Waals surface area contributed by atoms with Gasteiger partial charge in [-0.3, -0.25) is 9.89 Å². The minimum Gasteiger partial charge on any atom is -0.351 e. The highest BCUT2D eigenvalue weighted by Gasteiger charge is 2.36. The van der Waals surface area contributed by atoms with E-state index < -0.39 is 6.43 Å². The molecule has 4 nitrogen and oxygen atoms in total. The molecule has 0 aliphatic carbocycles. The number of aliphatic imine (C=N–C) groups is 1. The van der Waals surface area contributed by atoms with Crippen LogP contribution in [0.4, 0.5) is 8.78 Å². The van der Waals surface area contributed by atoms with Crippen molar-refractivity contribution < 1.29 is 8.78 Å². The minimum atomic E-state index is -2.36. The highest BCUT2D eigenvalue weighted by atomic mass is 19.3. The maximum atomic E-state index is 12.5. The zero-order valence-corrected chi connectivity index (χ0v) is 14.9. The molecule has 0 radical (unpaired) electrons. The molecule has 2 heterocycles. The van der Waals surface area contributed by atoms with Gasteiger partial charge in [0.1, 0.15) is 0 Å². The van der Waals surface area contributed by atoms with Crippen LogP contribution in [0, 0.1) is 5.92 Å². The lowest BCUT2D eigenvalue weighted by atomic mass is 9.83. The van der Waals surface area contributed by atoms with Gasteiger partial charge >= 0.3 is 0 Å². The van der Waals surface area contributed by atoms with Gasteiger partial charge in [0, 0.05) is 32.7 Å². The number of hydrogen-bond acceptors (Lipinski definition) is 2. The van der Waals surface area contributed by atoms with E-state index in [9.17, 15) is 8.78 Å². The lowest BCUT2D eigenvalue weighted by molar-refractivity contribution is 0.0369. The Balaban J connectivity index is 1.60. The Labute approximate surface area is 148 Å². The second-order valence-corrected chi connectivity index (χ2v) is 6.98. The topological polar surface area (TPSA) is 30.9 Å². The van der Waals surface area contributed by atoms with E-state index in [1.807, 2.05) is 0 Å². The Morgan fingerprint density at radius 1 is 1.24 bits per heavy atom. The Kier molecular flexibility index (Phi) is 6.24. The maximum Gasteiger partial charge on any atom is 0.255 e. The van der Waals surface area contributed by atoms with Crippen molar-refractivity contribution in [1.82, 2.24) is 15.1 Å². The fourth-order valence-corrected chi connectivity index (χ4v) is 4.21. The third kappa shape index (κ3) is 4.69. The number of likely N-dealkylation sites (tertiary alicyclic amines) is 2. The first-order valence-electron chi connectivity index (χ1n) is 9.19. The number of halogens is 2. The average molecular weight is 350 g/mol. The number of alkyl halides is 2. The Morgan fingerprint density at radius 3 is 2.76 bits per heavy atom. The van der Waals surface area contributed by atoms with E-state index in [-0.39, 0.29) is 6.54 Å². The minimum absolute atomic E-state index is 0.336. The van der Waals surface area contributed by atoms with Crippen LogP contribution in [0.25, 0.3) is 0 Å². The van der Waals surface area contributed by atoms with Crippen LogP contribution < -0.4 is 5.32 Å². The summed E-state index contributed by atoms with van der Waals surface area (Å²) in [6.07, 6.45) is 1.11. The molecule has 0 saturated carbocycles. The van der Waals surface area contributed by atoms with Gasteiger partial charge < -0.3 is 10.2 Å². The highest BCUT2D eigenvalue weighted by molar-refractivity contribution is 5.80. The van der Waals surface area contributed by atoms with Gasteiger partial charge in [-0.2, -0.15) is 0 Å². The largest absolute Gasteiger partial charge is 0.351 e. The van der Waals surface area contributed by atoms with Crippen molar-refractivity contribution in [2.45, 2.75) is 38.3 Å². The van der Waals surface area contributed by atoms with Gasteiger partial charge in [-0.15, -0.1) is 0 Å². The van der Waals surface area contributed by atoms with Crippen molar-refractivity contribution in [3.05, 3.63) is 35.9 Å². The van der Waals surface area contributed by atoms with Crippen LogP contribution in [0.5, 0.6) is 0 Å². The fourth-order valence-electron chi connectivity index (χ4n) is 4.21. The molecule has 0 aromatic heterocycles. The van der Waals surface area contributed by atoms with Gasteiger partial charge in [0.05, 0.1) is 6.54 Å². The molecule has 2 aliphatic heterocycles. The summed E-state index contributed by atoms with van der Waals surface area (Å²) in [6.45, 7) is 3.58. The molecule has 25 heavy (non-hydrogen) atoms. The molecule has 2 unspecified atom stereocenters. The first kappa shape index (κ1) is 18.1. The standard InChI is InChI=1S/C19H28F2N4/c1-22-19(23-12-18(20)21)25-11-9-17-16(14-25)8-5-10-24(17)13-15-6-3-2-4-7-15/h2-4,6-7,16-18H,5,8-14H2,1H3,(H,22,23). The predicted octanol–water partition coefficient (Wildman–Crippen LogP) is 2.81. The number of guanidine groups is 1. The first-order chi connectivity index (χ1) is 12.2. The number of piperidine rings is 2. The second-order valence-electron chi connectivity index (χ2n) is 6.98. The fraction of sp³-hybridized carbons (Fsp3) is 0.632. The van der Waals surface area contributed by atoms with Gasteiger partial charge in [0.25, 0.3) is 6.43 Å². The summed E-state index contributed by atoms with van der Waals surface area (Å²) >= 11 is 0. The van der Waals surface area contributed by atoms with Crippen molar-refractivity contribution in [1.29, 1.82) is 0 Å². The molecule has 2 saturated heterocycles. The van der Waals surface area contributed by atoms with E-state index in [1.54, 1.807) is 7.05 Å². The van der Waals surface area contributed by atoms with Gasteiger partial charge in [-0.05, 0) is 37.3 Å². The van der Waals surface area contributed by atoms with Crippen LogP contribution in [0.15, 0.2) is 35.3 Å². The van der Waals surface area contributed by atoms with Crippen molar-refractivity contribution in [3.8, 4) is 0 Å². The van der Waals surface area contributed by atoms with E-state index in [0.29, 0.717) is 17.9 Å². The van der Waals surface area contributed by atoms with Crippen molar-refractivity contribution >= 4 is 5.96 Å². The first-order valence-corrected chi connectivity index (χ1v) is 9.19. The van der Waals surface area contributed by atoms with Crippen LogP contribution in [-0.4, -0.2) is 61.5 Å². The van der Waals surface area contributed by atoms with Crippen LogP contribution in [0.3, 0.4) is 0 Å². The van der Waals surface area contributed by atoms with Crippen LogP contribution in [0.2, 0.25) is 0 Å². The van der Waals surface area contributed by atoms with Crippen LogP contribution in [-0.2, 0) is 6.54 Å². The third-order valence-corrected chi connectivity index (χ3v) is 5.34. The molecule has 0 bridgehead atoms. The number of benzene rings is 1. The van der Waals surface area contributed by atoms with Crippen molar-refractivity contribution in [2.24, 2.45) is 10.9 Å². The monoisotopic (exact) mass is 350 g/mol. The van der Waals surface area contributed by atoms with Gasteiger partial charge in [0.2, 0.25) is 0 Å². The summed E-state index contributed by atoms with van der Waals surface area (Å²) in [7, 11) is 1.67. The molecule has 6 heteroatoms. The Hall–Kier alpha value is -1.69. The molecule has 0 spiro atoms. The third-order valence-electron chi connectivity index (χ3n) is 5.34. The summed E-state index contributed by atoms with van der Waals surface area (Å²) < 4.78 is 25.0. The summed E-state index contributed by atoms with van der Waals surface area (Å²) in [6, 6.07) is 11.2. The smallest absolute Gasteiger partial charge is 0.255 e. The number of rotatable bonds is 4. The zero-order valence-electron chi connectivity index (χ0n) is 14.9. The number of nitrogens with one attached hydrogen (secondary N) is 1. The van der Waals surface area contributed by atoms with Crippen LogP contribution >= 0.6 is 0 Å². The molecule has 2 aliphatic rings. The summed E-state index contributed by atoms with van der Waals surface area (Å²) in [5.41, 5.74) is 1.36. The average Bonchev–Trinajstić information content (AvgIpc) is 2.63. The SMILES string of the molecule is CN=C(NCC(F)F)N1CCC2C(CCCN2Cc2ccccc2)C1. The zero-order chi connectivity index (χ0) is 17.6. The van der Waals surface area contributed by atoms with E-state index in [0.717, 1.165) is 32.6 Å². The molecule has 2 atom stereocenters. The predicted molar refractivity (Wildman–Crippen MR) is 96.9 cm³/mol. The normalized spacial score (nSPS) is 25.1. The van der Waals surface area contributed by atoms with Crippen molar-refractivity contribution in [2.75, 3.05) is 33.2 Å². The maximum absolute atomic E-state index is 12.5. The number of nitrogens with zero attached hydrogens (tertiary/aromatic N) is 3. The molecule has 1 N–H and O–H groups in total. The molecule has 0 amide bonds. The lowest BCUT2D eigenvalue weighted by Gasteiger charge is -2.48. The van der Waals surface area contributed by atoms with Gasteiger partial charge in [-0.25, -0.2) is 8.78 Å². The summed E-state index contributed by atoms with van der Waals surface area (Å²) in [5.74, 6) is 1.19. The van der Waals surface area contributed by atoms with E-state index in [1.165, 1.54) is 18.4 Å². The van der Waals surface area contributed by atoms with E-state index >= 15 is 0 Å². The molecule has 138 valence electrons. The van der Waals surface area contributed by atoms with Crippen LogP contribution in [0.1, 0.15) is 24.8 Å². The van der Waals surface area contributed by atoms with E-state index in [4.69, 9.17) is 0 Å². The lowest BCUT2D eigenvalue weighted by Crippen LogP contribution is -2.57. The Bertz CT molecular complexity index is 564. The number of fused-ring (bicyclic) bond motifs is 1. The molecular weight excluding hydrogens is 322 g/mol. The summed E-state index contributed by atoms with van der Waals surface area (Å²) in [4.78, 5) is 8.95. The molecule has 1 aromatic rings. The molecule has 1 aromatic carbocycles. The summed E-state index contributed by atoms with van der Waals surface area (Å²) in [5, 5.41) is 2.80. The Morgan fingerprint density at radius 2 is 2.04 bits per heavy atom. The molecule has 2 fully saturated rings. The van der Waals surface area contributed by atoms with E-state index in [2.05, 4.69) is 50.4 Å².